The first-order valence-corrected chi connectivity index (χ1v) is 5.64. The first-order chi connectivity index (χ1) is 9.32. The number of hydrazine groups is 1. The van der Waals surface area contributed by atoms with Crippen molar-refractivity contribution < 1.29 is 13.2 Å². The Kier molecular flexibility index (Phi) is 3.69. The van der Waals surface area contributed by atoms with Crippen LogP contribution >= 0.6 is 11.6 Å². The molecule has 0 bridgehead atoms. The molecular formula is C11H8ClF3N4O. The third-order valence-corrected chi connectivity index (χ3v) is 2.68. The van der Waals surface area contributed by atoms with E-state index in [0.29, 0.717) is 11.1 Å². The first kappa shape index (κ1) is 14.4. The van der Waals surface area contributed by atoms with E-state index in [2.05, 4.69) is 4.98 Å². The fraction of sp³-hybridized carbons (Fsp3) is 0.0909. The van der Waals surface area contributed by atoms with Gasteiger partial charge < -0.3 is 0 Å². The Morgan fingerprint density at radius 2 is 1.85 bits per heavy atom. The molecule has 106 valence electrons. The molecule has 0 amide bonds. The van der Waals surface area contributed by atoms with E-state index in [1.807, 2.05) is 5.43 Å². The molecule has 0 saturated carbocycles. The van der Waals surface area contributed by atoms with Crippen LogP contribution in [-0.2, 0) is 6.18 Å². The van der Waals surface area contributed by atoms with Crippen LogP contribution in [0, 0.1) is 0 Å². The van der Waals surface area contributed by atoms with Crippen molar-refractivity contribution in [2.24, 2.45) is 5.84 Å². The van der Waals surface area contributed by atoms with Gasteiger partial charge in [0.2, 0.25) is 5.95 Å². The van der Waals surface area contributed by atoms with E-state index in [9.17, 15) is 18.0 Å². The molecule has 5 nitrogen and oxygen atoms in total. The number of rotatable bonds is 2. The van der Waals surface area contributed by atoms with Gasteiger partial charge in [-0.2, -0.15) is 13.2 Å². The summed E-state index contributed by atoms with van der Waals surface area (Å²) in [7, 11) is 0. The van der Waals surface area contributed by atoms with Crippen molar-refractivity contribution in [3.05, 3.63) is 51.4 Å². The maximum Gasteiger partial charge on any atom is 0.433 e. The minimum Gasteiger partial charge on any atom is -0.293 e. The molecule has 1 aromatic carbocycles. The number of nitrogen functional groups attached to an aromatic ring is 1. The third-order valence-electron chi connectivity index (χ3n) is 2.42. The second-order valence-electron chi connectivity index (χ2n) is 3.76. The number of aromatic nitrogens is 2. The highest BCUT2D eigenvalue weighted by atomic mass is 35.5. The van der Waals surface area contributed by atoms with Gasteiger partial charge >= 0.3 is 6.18 Å². The molecular weight excluding hydrogens is 297 g/mol. The Morgan fingerprint density at radius 3 is 2.35 bits per heavy atom. The minimum absolute atomic E-state index is 0.286. The molecule has 0 unspecified atom stereocenters. The lowest BCUT2D eigenvalue weighted by molar-refractivity contribution is -0.141. The molecule has 0 spiro atoms. The van der Waals surface area contributed by atoms with E-state index in [4.69, 9.17) is 17.4 Å². The topological polar surface area (TPSA) is 72.9 Å². The second kappa shape index (κ2) is 5.14. The van der Waals surface area contributed by atoms with Crippen LogP contribution in [0.4, 0.5) is 19.1 Å². The van der Waals surface area contributed by atoms with Crippen LogP contribution in [0.3, 0.4) is 0 Å². The number of alkyl halides is 3. The Labute approximate surface area is 115 Å². The summed E-state index contributed by atoms with van der Waals surface area (Å²) in [4.78, 5) is 15.1. The Bertz CT molecular complexity index is 682. The number of nitrogens with two attached hydrogens (primary N) is 1. The van der Waals surface area contributed by atoms with Gasteiger partial charge in [-0.25, -0.2) is 15.4 Å². The van der Waals surface area contributed by atoms with Crippen molar-refractivity contribution in [2.75, 3.05) is 5.43 Å². The van der Waals surface area contributed by atoms with Crippen LogP contribution in [0.15, 0.2) is 35.1 Å². The molecule has 0 aliphatic rings. The first-order valence-electron chi connectivity index (χ1n) is 5.27. The van der Waals surface area contributed by atoms with Gasteiger partial charge in [0.05, 0.1) is 5.69 Å². The van der Waals surface area contributed by atoms with Crippen LogP contribution in [0.25, 0.3) is 5.69 Å². The Morgan fingerprint density at radius 1 is 1.25 bits per heavy atom. The van der Waals surface area contributed by atoms with E-state index in [1.54, 1.807) is 0 Å². The summed E-state index contributed by atoms with van der Waals surface area (Å²) in [5, 5.41) is 0.420. The highest BCUT2D eigenvalue weighted by molar-refractivity contribution is 6.30. The van der Waals surface area contributed by atoms with E-state index in [1.165, 1.54) is 24.3 Å². The van der Waals surface area contributed by atoms with E-state index >= 15 is 0 Å². The van der Waals surface area contributed by atoms with Gasteiger partial charge in [-0.3, -0.25) is 10.2 Å². The van der Waals surface area contributed by atoms with Crippen LogP contribution < -0.4 is 16.8 Å². The monoisotopic (exact) mass is 304 g/mol. The number of hydrogen-bond acceptors (Lipinski definition) is 4. The zero-order valence-electron chi connectivity index (χ0n) is 9.78. The molecule has 0 atom stereocenters. The number of halogens is 4. The summed E-state index contributed by atoms with van der Waals surface area (Å²) in [6.07, 6.45) is -4.73. The lowest BCUT2D eigenvalue weighted by atomic mass is 10.3. The Hall–Kier alpha value is -2.06. The van der Waals surface area contributed by atoms with Crippen LogP contribution in [0.5, 0.6) is 0 Å². The summed E-state index contributed by atoms with van der Waals surface area (Å²) < 4.78 is 38.6. The standard InChI is InChI=1S/C11H8ClF3N4O/c12-6-1-3-7(4-2-6)19-9(20)5-8(11(13,14)15)17-10(19)18-16/h1-5H,16H2,(H,17,18). The van der Waals surface area contributed by atoms with Crippen molar-refractivity contribution in [3.8, 4) is 5.69 Å². The quantitative estimate of drug-likeness (QED) is 0.659. The van der Waals surface area contributed by atoms with Crippen LogP contribution in [0.2, 0.25) is 5.02 Å². The molecule has 0 aliphatic carbocycles. The molecule has 1 heterocycles. The number of nitrogens with zero attached hydrogens (tertiary/aromatic N) is 2. The van der Waals surface area contributed by atoms with Crippen LogP contribution in [-0.4, -0.2) is 9.55 Å². The van der Waals surface area contributed by atoms with E-state index in [0.717, 1.165) is 4.57 Å². The third kappa shape index (κ3) is 2.75. The molecule has 1 aromatic heterocycles. The Balaban J connectivity index is 2.65. The van der Waals surface area contributed by atoms with Crippen molar-refractivity contribution >= 4 is 17.5 Å². The van der Waals surface area contributed by atoms with Gasteiger partial charge in [0.25, 0.3) is 5.56 Å². The molecule has 2 rings (SSSR count). The minimum atomic E-state index is -4.73. The second-order valence-corrected chi connectivity index (χ2v) is 4.19. The number of nitrogens with one attached hydrogen (secondary N) is 1. The normalized spacial score (nSPS) is 11.4. The van der Waals surface area contributed by atoms with Gasteiger partial charge in [0.1, 0.15) is 0 Å². The molecule has 3 N–H and O–H groups in total. The van der Waals surface area contributed by atoms with Crippen molar-refractivity contribution in [3.63, 3.8) is 0 Å². The van der Waals surface area contributed by atoms with Crippen molar-refractivity contribution in [2.45, 2.75) is 6.18 Å². The average molecular weight is 305 g/mol. The largest absolute Gasteiger partial charge is 0.433 e. The predicted molar refractivity (Wildman–Crippen MR) is 67.7 cm³/mol. The average Bonchev–Trinajstić information content (AvgIpc) is 2.38. The summed E-state index contributed by atoms with van der Waals surface area (Å²) in [5.41, 5.74) is 0.0335. The molecule has 0 fully saturated rings. The molecule has 9 heteroatoms. The van der Waals surface area contributed by atoms with Gasteiger partial charge in [-0.05, 0) is 24.3 Å². The summed E-state index contributed by atoms with van der Waals surface area (Å²) in [6.45, 7) is 0. The summed E-state index contributed by atoms with van der Waals surface area (Å²) in [6, 6.07) is 6.29. The molecule has 0 saturated heterocycles. The SMILES string of the molecule is NNc1nc(C(F)(F)F)cc(=O)n1-c1ccc(Cl)cc1. The highest BCUT2D eigenvalue weighted by Gasteiger charge is 2.34. The van der Waals surface area contributed by atoms with Gasteiger partial charge in [0, 0.05) is 11.1 Å². The van der Waals surface area contributed by atoms with E-state index in [-0.39, 0.29) is 5.69 Å². The summed E-state index contributed by atoms with van der Waals surface area (Å²) in [5.74, 6) is 4.71. The maximum atomic E-state index is 12.6. The molecule has 20 heavy (non-hydrogen) atoms. The zero-order valence-corrected chi connectivity index (χ0v) is 10.5. The van der Waals surface area contributed by atoms with Crippen molar-refractivity contribution in [1.29, 1.82) is 0 Å². The number of hydrogen-bond donors (Lipinski definition) is 2. The molecule has 2 aromatic rings. The van der Waals surface area contributed by atoms with Crippen LogP contribution in [0.1, 0.15) is 5.69 Å². The lowest BCUT2D eigenvalue weighted by Crippen LogP contribution is -2.28. The smallest absolute Gasteiger partial charge is 0.293 e. The lowest BCUT2D eigenvalue weighted by Gasteiger charge is -2.13. The highest BCUT2D eigenvalue weighted by Crippen LogP contribution is 2.27. The fourth-order valence-corrected chi connectivity index (χ4v) is 1.69. The van der Waals surface area contributed by atoms with Gasteiger partial charge in [0.15, 0.2) is 5.69 Å². The maximum absolute atomic E-state index is 12.6. The number of benzene rings is 1. The van der Waals surface area contributed by atoms with Crippen molar-refractivity contribution in [1.82, 2.24) is 9.55 Å². The van der Waals surface area contributed by atoms with Gasteiger partial charge in [-0.1, -0.05) is 11.6 Å². The molecule has 0 aliphatic heterocycles. The predicted octanol–water partition coefficient (Wildman–Crippen LogP) is 2.19. The fourth-order valence-electron chi connectivity index (χ4n) is 1.56. The summed E-state index contributed by atoms with van der Waals surface area (Å²) >= 11 is 5.71. The van der Waals surface area contributed by atoms with E-state index < -0.39 is 23.4 Å². The van der Waals surface area contributed by atoms with Gasteiger partial charge in [-0.15, -0.1) is 0 Å². The number of anilines is 1. The molecule has 0 radical (unpaired) electrons. The zero-order chi connectivity index (χ0) is 14.9.